The Morgan fingerprint density at radius 3 is 2.68 bits per heavy atom. The minimum Gasteiger partial charge on any atom is -0.264 e. The molecule has 2 aromatic heterocycles. The molecule has 19 heavy (non-hydrogen) atoms. The van der Waals surface area contributed by atoms with E-state index in [1.807, 2.05) is 12.4 Å². The highest BCUT2D eigenvalue weighted by Crippen LogP contribution is 2.27. The maximum Gasteiger partial charge on any atom is 0.220 e. The number of aryl methyl sites for hydroxylation is 3. The Labute approximate surface area is 113 Å². The van der Waals surface area contributed by atoms with Crippen molar-refractivity contribution in [1.82, 2.24) is 4.98 Å². The van der Waals surface area contributed by atoms with Crippen LogP contribution in [0.2, 0.25) is 0 Å². The fourth-order valence-corrected chi connectivity index (χ4v) is 2.55. The minimum absolute atomic E-state index is 1.20. The number of rotatable bonds is 1. The SMILES string of the molecule is Cc1ccc2cc[n+](C)c(-c3ccncc3C)c2c1. The molecule has 0 fully saturated rings. The Bertz CT molecular complexity index is 755. The molecule has 0 amide bonds. The van der Waals surface area contributed by atoms with Gasteiger partial charge in [0.25, 0.3) is 0 Å². The highest BCUT2D eigenvalue weighted by atomic mass is 14.9. The molecule has 1 aromatic carbocycles. The van der Waals surface area contributed by atoms with Crippen molar-refractivity contribution in [3.8, 4) is 11.3 Å². The predicted molar refractivity (Wildman–Crippen MR) is 77.8 cm³/mol. The van der Waals surface area contributed by atoms with E-state index < -0.39 is 0 Å². The van der Waals surface area contributed by atoms with E-state index in [9.17, 15) is 0 Å². The van der Waals surface area contributed by atoms with Gasteiger partial charge in [-0.25, -0.2) is 4.57 Å². The van der Waals surface area contributed by atoms with Crippen LogP contribution in [0.1, 0.15) is 11.1 Å². The summed E-state index contributed by atoms with van der Waals surface area (Å²) in [6, 6.07) is 10.8. The largest absolute Gasteiger partial charge is 0.264 e. The number of fused-ring (bicyclic) bond motifs is 1. The third-order valence-corrected chi connectivity index (χ3v) is 3.57. The fourth-order valence-electron chi connectivity index (χ4n) is 2.55. The highest BCUT2D eigenvalue weighted by Gasteiger charge is 2.16. The molecular formula is C17H17N2+. The third-order valence-electron chi connectivity index (χ3n) is 3.57. The quantitative estimate of drug-likeness (QED) is 0.604. The molecule has 0 unspecified atom stereocenters. The summed E-state index contributed by atoms with van der Waals surface area (Å²) in [6.45, 7) is 4.24. The number of aromatic nitrogens is 2. The number of nitrogens with zero attached hydrogens (tertiary/aromatic N) is 2. The second kappa shape index (κ2) is 4.47. The summed E-state index contributed by atoms with van der Waals surface area (Å²) >= 11 is 0. The normalized spacial score (nSPS) is 10.9. The van der Waals surface area contributed by atoms with Crippen molar-refractivity contribution in [3.05, 3.63) is 60.0 Å². The van der Waals surface area contributed by atoms with Gasteiger partial charge in [-0.05, 0) is 36.9 Å². The van der Waals surface area contributed by atoms with E-state index in [2.05, 4.69) is 67.0 Å². The first kappa shape index (κ1) is 11.8. The molecule has 0 atom stereocenters. The summed E-state index contributed by atoms with van der Waals surface area (Å²) in [5, 5.41) is 2.56. The molecule has 94 valence electrons. The molecule has 0 saturated carbocycles. The molecule has 0 aliphatic heterocycles. The topological polar surface area (TPSA) is 16.8 Å². The van der Waals surface area contributed by atoms with Crippen LogP contribution < -0.4 is 4.57 Å². The molecule has 0 aliphatic rings. The molecule has 2 heteroatoms. The van der Waals surface area contributed by atoms with Gasteiger partial charge in [-0.1, -0.05) is 17.7 Å². The fraction of sp³-hybridized carbons (Fsp3) is 0.176. The van der Waals surface area contributed by atoms with Gasteiger partial charge in [-0.2, -0.15) is 0 Å². The average molecular weight is 249 g/mol. The van der Waals surface area contributed by atoms with Gasteiger partial charge in [0.1, 0.15) is 7.05 Å². The minimum atomic E-state index is 1.20. The zero-order valence-corrected chi connectivity index (χ0v) is 11.5. The van der Waals surface area contributed by atoms with E-state index in [1.54, 1.807) is 0 Å². The van der Waals surface area contributed by atoms with Gasteiger partial charge < -0.3 is 0 Å². The molecular weight excluding hydrogens is 232 g/mol. The van der Waals surface area contributed by atoms with Gasteiger partial charge >= 0.3 is 0 Å². The van der Waals surface area contributed by atoms with E-state index in [4.69, 9.17) is 0 Å². The molecule has 3 aromatic rings. The van der Waals surface area contributed by atoms with Crippen molar-refractivity contribution in [2.45, 2.75) is 13.8 Å². The van der Waals surface area contributed by atoms with Crippen LogP contribution in [0, 0.1) is 13.8 Å². The van der Waals surface area contributed by atoms with Gasteiger partial charge in [-0.15, -0.1) is 0 Å². The first-order valence-electron chi connectivity index (χ1n) is 6.47. The molecule has 0 radical (unpaired) electrons. The molecule has 0 N–H and O–H groups in total. The summed E-state index contributed by atoms with van der Waals surface area (Å²) in [5.41, 5.74) is 4.98. The molecule has 2 nitrogen and oxygen atoms in total. The Morgan fingerprint density at radius 2 is 1.89 bits per heavy atom. The highest BCUT2D eigenvalue weighted by molar-refractivity contribution is 5.93. The third kappa shape index (κ3) is 1.99. The number of benzene rings is 1. The van der Waals surface area contributed by atoms with Crippen LogP contribution in [0.3, 0.4) is 0 Å². The lowest BCUT2D eigenvalue weighted by molar-refractivity contribution is -0.659. The smallest absolute Gasteiger partial charge is 0.220 e. The van der Waals surface area contributed by atoms with Crippen molar-refractivity contribution in [2.24, 2.45) is 7.05 Å². The zero-order valence-electron chi connectivity index (χ0n) is 11.5. The van der Waals surface area contributed by atoms with E-state index in [1.165, 1.54) is 33.2 Å². The Morgan fingerprint density at radius 1 is 1.05 bits per heavy atom. The Hall–Kier alpha value is -2.22. The van der Waals surface area contributed by atoms with Gasteiger partial charge in [0, 0.05) is 18.5 Å². The maximum absolute atomic E-state index is 4.19. The summed E-state index contributed by atoms with van der Waals surface area (Å²) < 4.78 is 2.18. The molecule has 2 heterocycles. The molecule has 0 spiro atoms. The predicted octanol–water partition coefficient (Wildman–Crippen LogP) is 3.34. The molecule has 0 aliphatic carbocycles. The first-order chi connectivity index (χ1) is 9.16. The monoisotopic (exact) mass is 249 g/mol. The first-order valence-corrected chi connectivity index (χ1v) is 6.47. The average Bonchev–Trinajstić information content (AvgIpc) is 2.40. The summed E-state index contributed by atoms with van der Waals surface area (Å²) in [7, 11) is 2.09. The second-order valence-electron chi connectivity index (χ2n) is 5.06. The van der Waals surface area contributed by atoms with E-state index >= 15 is 0 Å². The van der Waals surface area contributed by atoms with E-state index in [-0.39, 0.29) is 0 Å². The maximum atomic E-state index is 4.19. The van der Waals surface area contributed by atoms with Gasteiger partial charge in [-0.3, -0.25) is 4.98 Å². The lowest BCUT2D eigenvalue weighted by atomic mass is 10.00. The van der Waals surface area contributed by atoms with Crippen molar-refractivity contribution < 1.29 is 4.57 Å². The molecule has 3 rings (SSSR count). The van der Waals surface area contributed by atoms with Crippen LogP contribution >= 0.6 is 0 Å². The standard InChI is InChI=1S/C17H17N2/c1-12-4-5-14-7-9-19(3)17(16(14)10-12)15-6-8-18-11-13(15)2/h4-11H,1-3H3/q+1. The Balaban J connectivity index is 2.43. The van der Waals surface area contributed by atoms with E-state index in [0.29, 0.717) is 0 Å². The van der Waals surface area contributed by atoms with Crippen LogP contribution in [0.15, 0.2) is 48.9 Å². The van der Waals surface area contributed by atoms with E-state index in [0.717, 1.165) is 0 Å². The lowest BCUT2D eigenvalue weighted by Gasteiger charge is -2.07. The van der Waals surface area contributed by atoms with Crippen molar-refractivity contribution >= 4 is 10.8 Å². The van der Waals surface area contributed by atoms with Crippen molar-refractivity contribution in [2.75, 3.05) is 0 Å². The Kier molecular flexibility index (Phi) is 2.79. The number of pyridine rings is 2. The van der Waals surface area contributed by atoms with Crippen molar-refractivity contribution in [1.29, 1.82) is 0 Å². The lowest BCUT2D eigenvalue weighted by Crippen LogP contribution is -2.30. The van der Waals surface area contributed by atoms with Crippen LogP contribution in [-0.4, -0.2) is 4.98 Å². The zero-order chi connectivity index (χ0) is 13.4. The van der Waals surface area contributed by atoms with Crippen LogP contribution in [0.5, 0.6) is 0 Å². The van der Waals surface area contributed by atoms with Crippen LogP contribution in [-0.2, 0) is 7.05 Å². The van der Waals surface area contributed by atoms with Crippen LogP contribution in [0.4, 0.5) is 0 Å². The van der Waals surface area contributed by atoms with Gasteiger partial charge in [0.05, 0.1) is 10.9 Å². The van der Waals surface area contributed by atoms with Gasteiger partial charge in [0.15, 0.2) is 6.20 Å². The van der Waals surface area contributed by atoms with Crippen LogP contribution in [0.25, 0.3) is 22.0 Å². The van der Waals surface area contributed by atoms with Crippen molar-refractivity contribution in [3.63, 3.8) is 0 Å². The summed E-state index contributed by atoms with van der Waals surface area (Å²) in [5.74, 6) is 0. The second-order valence-corrected chi connectivity index (χ2v) is 5.06. The van der Waals surface area contributed by atoms with Gasteiger partial charge in [0.2, 0.25) is 5.69 Å². The molecule has 0 saturated heterocycles. The number of hydrogen-bond donors (Lipinski definition) is 0. The summed E-state index contributed by atoms with van der Waals surface area (Å²) in [4.78, 5) is 4.19. The number of hydrogen-bond acceptors (Lipinski definition) is 1. The summed E-state index contributed by atoms with van der Waals surface area (Å²) in [6.07, 6.45) is 5.90. The molecule has 0 bridgehead atoms.